The molecule has 3 aromatic carbocycles. The van der Waals surface area contributed by atoms with E-state index in [9.17, 15) is 0 Å². The quantitative estimate of drug-likeness (QED) is 0.219. The molecule has 0 aliphatic carbocycles. The maximum atomic E-state index is 6.40. The Labute approximate surface area is 211 Å². The van der Waals surface area contributed by atoms with Crippen LogP contribution in [-0.4, -0.2) is 30.5 Å². The van der Waals surface area contributed by atoms with E-state index < -0.39 is 16.0 Å². The molecule has 12 nitrogen and oxygen atoms in total. The van der Waals surface area contributed by atoms with Crippen molar-refractivity contribution in [2.75, 3.05) is 38.5 Å². The molecular formula is C21H27N6O6P3. The maximum absolute atomic E-state index is 6.40. The van der Waals surface area contributed by atoms with Gasteiger partial charge < -0.3 is 0 Å². The predicted molar refractivity (Wildman–Crippen MR) is 142 cm³/mol. The third kappa shape index (κ3) is 5.18. The molecule has 0 radical (unpaired) electrons. The van der Waals surface area contributed by atoms with Gasteiger partial charge in [0.15, 0.2) is 0 Å². The van der Waals surface area contributed by atoms with Crippen LogP contribution in [0.25, 0.3) is 0 Å². The van der Waals surface area contributed by atoms with Gasteiger partial charge in [-0.15, -0.1) is 0 Å². The number of nitrogen functional groups attached to an aromatic ring is 3. The number of hydrogen-bond donors (Lipinski definition) is 3. The van der Waals surface area contributed by atoms with E-state index in [0.717, 1.165) is 0 Å². The Morgan fingerprint density at radius 2 is 1.08 bits per heavy atom. The number of anilines is 3. The Bertz CT molecular complexity index is 1190. The summed E-state index contributed by atoms with van der Waals surface area (Å²) in [7, 11) is -1.89. The Kier molecular flexibility index (Phi) is 7.80. The van der Waals surface area contributed by atoms with Crippen molar-refractivity contribution >= 4 is 41.6 Å². The van der Waals surface area contributed by atoms with Gasteiger partial charge in [0.1, 0.15) is 0 Å². The first-order chi connectivity index (χ1) is 17.3. The van der Waals surface area contributed by atoms with Gasteiger partial charge in [-0.3, -0.25) is 0 Å². The summed E-state index contributed by atoms with van der Waals surface area (Å²) in [5.41, 5.74) is 19.3. The van der Waals surface area contributed by atoms with Crippen molar-refractivity contribution in [3.8, 4) is 17.2 Å². The molecular weight excluding hydrogens is 525 g/mol. The number of nitrogens with two attached hydrogens (primary N) is 3. The van der Waals surface area contributed by atoms with Gasteiger partial charge in [-0.05, 0) is 0 Å². The zero-order valence-electron chi connectivity index (χ0n) is 19.8. The van der Waals surface area contributed by atoms with E-state index in [2.05, 4.69) is 4.52 Å². The Morgan fingerprint density at radius 1 is 0.667 bits per heavy atom. The normalized spacial score (nSPS) is 20.6. The second-order valence-corrected chi connectivity index (χ2v) is 13.6. The first-order valence-electron chi connectivity index (χ1n) is 10.5. The van der Waals surface area contributed by atoms with Crippen LogP contribution in [0.3, 0.4) is 0 Å². The summed E-state index contributed by atoms with van der Waals surface area (Å²) in [4.78, 5) is 12.4. The molecule has 1 aliphatic heterocycles. The summed E-state index contributed by atoms with van der Waals surface area (Å²) >= 11 is 0. The molecule has 0 saturated heterocycles. The second kappa shape index (κ2) is 10.7. The third-order valence-electron chi connectivity index (χ3n) is 4.98. The van der Waals surface area contributed by atoms with Crippen molar-refractivity contribution in [2.45, 2.75) is 0 Å². The zero-order valence-corrected chi connectivity index (χ0v) is 22.5. The summed E-state index contributed by atoms with van der Waals surface area (Å²) < 4.78 is 31.5. The fourth-order valence-electron chi connectivity index (χ4n) is 3.00. The van der Waals surface area contributed by atoms with Gasteiger partial charge in [-0.1, -0.05) is 0 Å². The molecule has 3 aromatic rings. The summed E-state index contributed by atoms with van der Waals surface area (Å²) in [6.07, 6.45) is 0. The molecule has 1 aliphatic rings. The van der Waals surface area contributed by atoms with Gasteiger partial charge >= 0.3 is 212 Å². The number of benzene rings is 3. The topological polar surface area (TPSA) is 152 Å². The van der Waals surface area contributed by atoms with Crippen LogP contribution in [0.15, 0.2) is 77.3 Å². The minimum atomic E-state index is -4.45. The predicted octanol–water partition coefficient (Wildman–Crippen LogP) is 5.76. The van der Waals surface area contributed by atoms with Crippen molar-refractivity contribution in [1.29, 1.82) is 0 Å². The molecule has 15 heteroatoms. The standard InChI is InChI=1S/C21H27N6O6P3/c1-28-36(29-2,30-3)25-34-26(31-19-10-4-16(22)5-11-19)35(33-21-14-8-18(24)9-15-21)27(36)32-20-12-6-17(23)7-13-20/h4-15H,22-24H2,1-3H3. The van der Waals surface area contributed by atoms with E-state index >= 15 is 0 Å². The minimum absolute atomic E-state index is 0.286. The molecule has 0 aromatic heterocycles. The first kappa shape index (κ1) is 26.3. The van der Waals surface area contributed by atoms with Crippen LogP contribution in [0.2, 0.25) is 0 Å². The Balaban J connectivity index is 1.82. The van der Waals surface area contributed by atoms with Gasteiger partial charge in [0, 0.05) is 0 Å². The Morgan fingerprint density at radius 3 is 1.53 bits per heavy atom. The van der Waals surface area contributed by atoms with Gasteiger partial charge in [-0.2, -0.15) is 0 Å². The fraction of sp³-hybridized carbons (Fsp3) is 0.143. The molecule has 1 heterocycles. The molecule has 0 amide bonds. The summed E-state index contributed by atoms with van der Waals surface area (Å²) in [5, 5.41) is 0. The molecule has 4 rings (SSSR count). The van der Waals surface area contributed by atoms with Crippen molar-refractivity contribution in [2.24, 2.45) is 4.52 Å². The first-order valence-corrected chi connectivity index (χ1v) is 14.3. The number of nitrogens with zero attached hydrogens (tertiary/aromatic N) is 3. The van der Waals surface area contributed by atoms with E-state index in [0.29, 0.717) is 34.3 Å². The van der Waals surface area contributed by atoms with Crippen molar-refractivity contribution in [1.82, 2.24) is 9.21 Å². The monoisotopic (exact) mass is 552 g/mol. The zero-order chi connectivity index (χ0) is 25.8. The molecule has 1 unspecified atom stereocenters. The molecule has 1 atom stereocenters. The molecule has 0 spiro atoms. The third-order valence-corrected chi connectivity index (χ3v) is 12.4. The van der Waals surface area contributed by atoms with Crippen LogP contribution in [0.1, 0.15) is 0 Å². The van der Waals surface area contributed by atoms with E-state index in [1.54, 1.807) is 72.8 Å². The Hall–Kier alpha value is -2.78. The van der Waals surface area contributed by atoms with Crippen molar-refractivity contribution in [3.05, 3.63) is 72.8 Å². The van der Waals surface area contributed by atoms with Crippen LogP contribution in [0.4, 0.5) is 17.1 Å². The summed E-state index contributed by atoms with van der Waals surface area (Å²) in [5.74, 6) is 1.41. The van der Waals surface area contributed by atoms with E-state index in [1.807, 2.05) is 0 Å². The average Bonchev–Trinajstić information content (AvgIpc) is 2.90. The number of hydrogen-bond acceptors (Lipinski definition) is 12. The van der Waals surface area contributed by atoms with Gasteiger partial charge in [-0.25, -0.2) is 0 Å². The molecule has 6 N–H and O–H groups in total. The van der Waals surface area contributed by atoms with Crippen LogP contribution in [-0.2, 0) is 13.6 Å². The van der Waals surface area contributed by atoms with Gasteiger partial charge in [0.2, 0.25) is 0 Å². The SMILES string of the molecule is COP1(OC)(OC)N=PN(Oc2ccc(N)cc2)P(Oc2ccc(N)cc2)N1Oc1ccc(N)cc1. The average molecular weight is 552 g/mol. The number of rotatable bonds is 9. The van der Waals surface area contributed by atoms with Crippen LogP contribution in [0.5, 0.6) is 17.2 Å². The van der Waals surface area contributed by atoms with E-state index in [4.69, 9.17) is 45.0 Å². The van der Waals surface area contributed by atoms with Crippen LogP contribution in [0, 0.1) is 0 Å². The molecule has 0 saturated carbocycles. The molecule has 36 heavy (non-hydrogen) atoms. The van der Waals surface area contributed by atoms with Crippen molar-refractivity contribution in [3.63, 3.8) is 0 Å². The van der Waals surface area contributed by atoms with Crippen LogP contribution < -0.4 is 31.4 Å². The molecule has 0 fully saturated rings. The fourth-order valence-corrected chi connectivity index (χ4v) is 10.5. The van der Waals surface area contributed by atoms with Crippen LogP contribution >= 0.6 is 24.6 Å². The summed E-state index contributed by atoms with van der Waals surface area (Å²) in [6.45, 7) is 0. The molecule has 192 valence electrons. The summed E-state index contributed by atoms with van der Waals surface area (Å²) in [6, 6.07) is 20.6. The van der Waals surface area contributed by atoms with E-state index in [-0.39, 0.29) is 8.52 Å². The molecule has 0 bridgehead atoms. The van der Waals surface area contributed by atoms with Gasteiger partial charge in [0.05, 0.1) is 0 Å². The van der Waals surface area contributed by atoms with E-state index in [1.165, 1.54) is 30.5 Å². The second-order valence-electron chi connectivity index (χ2n) is 7.27. The van der Waals surface area contributed by atoms with Gasteiger partial charge in [0.25, 0.3) is 0 Å². The van der Waals surface area contributed by atoms with Crippen molar-refractivity contribution < 1.29 is 27.8 Å².